The number of nitrogens with zero attached hydrogens (tertiary/aromatic N) is 1. The minimum absolute atomic E-state index is 0.0489. The normalized spacial score (nSPS) is 15.6. The van der Waals surface area contributed by atoms with E-state index in [-0.39, 0.29) is 24.1 Å². The molecule has 0 aliphatic carbocycles. The number of rotatable bonds is 27. The van der Waals surface area contributed by atoms with E-state index in [2.05, 4.69) is 6.92 Å². The fraction of sp³-hybridized carbons (Fsp3) is 0.844. The minimum atomic E-state index is -0.963. The first-order chi connectivity index (χ1) is 18.5. The maximum absolute atomic E-state index is 11.6. The molecule has 0 aromatic carbocycles. The summed E-state index contributed by atoms with van der Waals surface area (Å²) in [6.07, 6.45) is 25.7. The van der Waals surface area contributed by atoms with Gasteiger partial charge in [-0.05, 0) is 39.7 Å². The van der Waals surface area contributed by atoms with Crippen LogP contribution in [0.15, 0.2) is 12.3 Å². The summed E-state index contributed by atoms with van der Waals surface area (Å²) in [5, 5.41) is 28.5. The summed E-state index contributed by atoms with van der Waals surface area (Å²) in [5.41, 5.74) is 0. The van der Waals surface area contributed by atoms with Crippen LogP contribution in [0.25, 0.3) is 0 Å². The van der Waals surface area contributed by atoms with E-state index in [1.54, 1.807) is 20.8 Å². The first-order valence-electron chi connectivity index (χ1n) is 15.8. The van der Waals surface area contributed by atoms with Gasteiger partial charge in [-0.3, -0.25) is 18.9 Å². The SMILES string of the molecule is CCCCCCCCCCCCCCCCCC/C=C/[N+](CC(C)C(=O)O)(CC(C)C(=O)O)CC(C)C(=O)O. The van der Waals surface area contributed by atoms with Gasteiger partial charge in [-0.15, -0.1) is 0 Å². The molecule has 3 atom stereocenters. The van der Waals surface area contributed by atoms with Crippen molar-refractivity contribution in [2.24, 2.45) is 17.8 Å². The summed E-state index contributed by atoms with van der Waals surface area (Å²) in [7, 11) is 0. The zero-order chi connectivity index (χ0) is 29.5. The van der Waals surface area contributed by atoms with Crippen molar-refractivity contribution in [2.45, 2.75) is 137 Å². The third-order valence-electron chi connectivity index (χ3n) is 7.82. The molecule has 0 heterocycles. The number of aliphatic carboxylic acids is 3. The number of carboxylic acids is 3. The van der Waals surface area contributed by atoms with Crippen LogP contribution in [-0.2, 0) is 14.4 Å². The Labute approximate surface area is 238 Å². The lowest BCUT2D eigenvalue weighted by molar-refractivity contribution is -0.886. The predicted molar refractivity (Wildman–Crippen MR) is 159 cm³/mol. The standard InChI is InChI=1S/C32H59NO6/c1-5-6-7-8-9-10-11-12-13-14-15-16-17-18-19-20-21-22-23-33(24-27(2)30(34)35,25-28(3)31(36)37)26-29(4)32(38)39/h22-23,27-29H,5-21,24-26H2,1-4H3,(H2-,34,35,36,37,38,39)/p+1/b23-22+. The average molecular weight is 555 g/mol. The monoisotopic (exact) mass is 554 g/mol. The second-order valence-corrected chi connectivity index (χ2v) is 12.0. The van der Waals surface area contributed by atoms with Crippen LogP contribution in [0.3, 0.4) is 0 Å². The van der Waals surface area contributed by atoms with E-state index in [9.17, 15) is 29.7 Å². The fourth-order valence-corrected chi connectivity index (χ4v) is 5.39. The van der Waals surface area contributed by atoms with Gasteiger partial charge < -0.3 is 15.3 Å². The zero-order valence-corrected chi connectivity index (χ0v) is 25.5. The summed E-state index contributed by atoms with van der Waals surface area (Å²) in [4.78, 5) is 34.8. The molecule has 0 radical (unpaired) electrons. The van der Waals surface area contributed by atoms with Crippen molar-refractivity contribution in [1.29, 1.82) is 0 Å². The van der Waals surface area contributed by atoms with Crippen LogP contribution in [0.2, 0.25) is 0 Å². The van der Waals surface area contributed by atoms with E-state index in [1.807, 2.05) is 12.3 Å². The summed E-state index contributed by atoms with van der Waals surface area (Å²) in [5.74, 6) is -5.04. The zero-order valence-electron chi connectivity index (χ0n) is 25.5. The van der Waals surface area contributed by atoms with E-state index in [4.69, 9.17) is 0 Å². The highest BCUT2D eigenvalue weighted by atomic mass is 16.4. The average Bonchev–Trinajstić information content (AvgIpc) is 2.87. The number of carboxylic acid groups (broad SMARTS) is 3. The number of carbonyl (C=O) groups is 3. The lowest BCUT2D eigenvalue weighted by Crippen LogP contribution is -2.53. The highest BCUT2D eigenvalue weighted by Crippen LogP contribution is 2.22. The Balaban J connectivity index is 4.45. The molecular weight excluding hydrogens is 494 g/mol. The molecule has 3 unspecified atom stereocenters. The largest absolute Gasteiger partial charge is 0.481 e. The van der Waals surface area contributed by atoms with Gasteiger partial charge in [0.05, 0.1) is 25.8 Å². The molecule has 0 saturated heterocycles. The van der Waals surface area contributed by atoms with Crippen molar-refractivity contribution in [1.82, 2.24) is 0 Å². The summed E-state index contributed by atoms with van der Waals surface area (Å²) < 4.78 is 0.0489. The maximum atomic E-state index is 11.6. The summed E-state index contributed by atoms with van der Waals surface area (Å²) in [6.45, 7) is 7.54. The smallest absolute Gasteiger partial charge is 0.311 e. The molecule has 39 heavy (non-hydrogen) atoms. The Morgan fingerprint density at radius 2 is 0.821 bits per heavy atom. The van der Waals surface area contributed by atoms with Gasteiger partial charge in [0.25, 0.3) is 0 Å². The van der Waals surface area contributed by atoms with Crippen molar-refractivity contribution in [3.63, 3.8) is 0 Å². The van der Waals surface area contributed by atoms with Crippen LogP contribution in [0.5, 0.6) is 0 Å². The highest BCUT2D eigenvalue weighted by molar-refractivity contribution is 5.70. The Morgan fingerprint density at radius 1 is 0.538 bits per heavy atom. The second-order valence-electron chi connectivity index (χ2n) is 12.0. The molecule has 0 amide bonds. The molecule has 0 aromatic heterocycles. The molecule has 7 nitrogen and oxygen atoms in total. The summed E-state index contributed by atoms with van der Waals surface area (Å²) >= 11 is 0. The van der Waals surface area contributed by atoms with Crippen molar-refractivity contribution < 1.29 is 34.2 Å². The lowest BCUT2D eigenvalue weighted by atomic mass is 10.0. The van der Waals surface area contributed by atoms with Gasteiger partial charge in [0.1, 0.15) is 17.8 Å². The van der Waals surface area contributed by atoms with Crippen molar-refractivity contribution in [3.05, 3.63) is 12.3 Å². The predicted octanol–water partition coefficient (Wildman–Crippen LogP) is 8.13. The number of unbranched alkanes of at least 4 members (excludes halogenated alkanes) is 16. The Hall–Kier alpha value is -1.89. The van der Waals surface area contributed by atoms with Crippen LogP contribution >= 0.6 is 0 Å². The maximum Gasteiger partial charge on any atom is 0.311 e. The summed E-state index contributed by atoms with van der Waals surface area (Å²) in [6, 6.07) is 0. The quantitative estimate of drug-likeness (QED) is 0.0698. The molecular formula is C32H60NO6+. The first kappa shape index (κ1) is 37.1. The van der Waals surface area contributed by atoms with Gasteiger partial charge in [-0.2, -0.15) is 0 Å². The van der Waals surface area contributed by atoms with Gasteiger partial charge in [-0.25, -0.2) is 0 Å². The van der Waals surface area contributed by atoms with Crippen LogP contribution < -0.4 is 0 Å². The Kier molecular flexibility index (Phi) is 21.8. The number of hydrogen-bond acceptors (Lipinski definition) is 3. The van der Waals surface area contributed by atoms with Gasteiger partial charge in [0, 0.05) is 0 Å². The van der Waals surface area contributed by atoms with Crippen LogP contribution in [0, 0.1) is 17.8 Å². The topological polar surface area (TPSA) is 112 Å². The molecule has 0 fully saturated rings. The van der Waals surface area contributed by atoms with Crippen LogP contribution in [-0.4, -0.2) is 57.3 Å². The molecule has 0 aliphatic rings. The van der Waals surface area contributed by atoms with Gasteiger partial charge in [-0.1, -0.05) is 103 Å². The molecule has 228 valence electrons. The number of quaternary nitrogens is 1. The molecule has 0 bridgehead atoms. The number of hydrogen-bond donors (Lipinski definition) is 3. The molecule has 0 rings (SSSR count). The van der Waals surface area contributed by atoms with Gasteiger partial charge in [0.2, 0.25) is 0 Å². The van der Waals surface area contributed by atoms with E-state index in [1.165, 1.54) is 89.9 Å². The van der Waals surface area contributed by atoms with Crippen LogP contribution in [0.4, 0.5) is 0 Å². The third-order valence-corrected chi connectivity index (χ3v) is 7.82. The molecule has 0 spiro atoms. The lowest BCUT2D eigenvalue weighted by Gasteiger charge is -2.38. The van der Waals surface area contributed by atoms with Gasteiger partial charge >= 0.3 is 17.9 Å². The minimum Gasteiger partial charge on any atom is -0.481 e. The van der Waals surface area contributed by atoms with E-state index >= 15 is 0 Å². The van der Waals surface area contributed by atoms with Crippen molar-refractivity contribution in [3.8, 4) is 0 Å². The van der Waals surface area contributed by atoms with Gasteiger partial charge in [0.15, 0.2) is 0 Å². The fourth-order valence-electron chi connectivity index (χ4n) is 5.39. The van der Waals surface area contributed by atoms with E-state index < -0.39 is 35.7 Å². The van der Waals surface area contributed by atoms with E-state index in [0.717, 1.165) is 19.3 Å². The van der Waals surface area contributed by atoms with Crippen LogP contribution in [0.1, 0.15) is 137 Å². The van der Waals surface area contributed by atoms with Crippen molar-refractivity contribution in [2.75, 3.05) is 19.6 Å². The van der Waals surface area contributed by atoms with Crippen molar-refractivity contribution >= 4 is 17.9 Å². The van der Waals surface area contributed by atoms with E-state index in [0.29, 0.717) is 0 Å². The molecule has 7 heteroatoms. The molecule has 0 saturated carbocycles. The second kappa shape index (κ2) is 22.9. The third kappa shape index (κ3) is 19.8. The molecule has 0 aromatic rings. The number of allylic oxidation sites excluding steroid dienone is 1. The first-order valence-corrected chi connectivity index (χ1v) is 15.8. The molecule has 3 N–H and O–H groups in total. The Bertz CT molecular complexity index is 637. The highest BCUT2D eigenvalue weighted by Gasteiger charge is 2.37. The Morgan fingerprint density at radius 3 is 1.10 bits per heavy atom. The molecule has 0 aliphatic heterocycles.